The maximum absolute atomic E-state index is 11.6. The van der Waals surface area contributed by atoms with E-state index in [2.05, 4.69) is 31.3 Å². The van der Waals surface area contributed by atoms with Gasteiger partial charge in [0.25, 0.3) is 0 Å². The molecule has 2 rings (SSSR count). The lowest BCUT2D eigenvalue weighted by Gasteiger charge is -2.19. The Morgan fingerprint density at radius 2 is 2.13 bits per heavy atom. The second-order valence-electron chi connectivity index (χ2n) is 9.71. The summed E-state index contributed by atoms with van der Waals surface area (Å²) in [5.74, 6) is 1.76. The van der Waals surface area contributed by atoms with Crippen LogP contribution in [0.3, 0.4) is 0 Å². The molecule has 0 saturated heterocycles. The summed E-state index contributed by atoms with van der Waals surface area (Å²) >= 11 is 0. The molecule has 30 heavy (non-hydrogen) atoms. The largest absolute Gasteiger partial charge is 0.392 e. The number of amides is 1. The van der Waals surface area contributed by atoms with Crippen LogP contribution in [0.25, 0.3) is 0 Å². The Kier molecular flexibility index (Phi) is 10.6. The van der Waals surface area contributed by atoms with Gasteiger partial charge in [-0.05, 0) is 50.0 Å². The normalized spacial score (nSPS) is 27.9. The van der Waals surface area contributed by atoms with Gasteiger partial charge >= 0.3 is 0 Å². The lowest BCUT2D eigenvalue weighted by molar-refractivity contribution is -0.128. The molecule has 0 radical (unpaired) electrons. The molecule has 0 aliphatic heterocycles. The summed E-state index contributed by atoms with van der Waals surface area (Å²) in [4.78, 5) is 13.2. The lowest BCUT2D eigenvalue weighted by atomic mass is 9.88. The van der Waals surface area contributed by atoms with Crippen molar-refractivity contribution in [1.82, 2.24) is 10.2 Å². The summed E-state index contributed by atoms with van der Waals surface area (Å²) < 4.78 is 0. The quantitative estimate of drug-likeness (QED) is 0.315. The third-order valence-corrected chi connectivity index (χ3v) is 6.84. The lowest BCUT2D eigenvalue weighted by Crippen LogP contribution is -2.27. The van der Waals surface area contributed by atoms with Gasteiger partial charge in [0.15, 0.2) is 0 Å². The number of fused-ring (bicyclic) bond motifs is 1. The summed E-state index contributed by atoms with van der Waals surface area (Å²) in [5, 5.41) is 24.3. The summed E-state index contributed by atoms with van der Waals surface area (Å²) in [6, 6.07) is 0. The molecule has 5 heteroatoms. The smallest absolute Gasteiger partial charge is 0.223 e. The number of nitrogens with zero attached hydrogens (tertiary/aromatic N) is 1. The van der Waals surface area contributed by atoms with Crippen molar-refractivity contribution in [2.24, 2.45) is 23.7 Å². The molecule has 2 aliphatic carbocycles. The van der Waals surface area contributed by atoms with Gasteiger partial charge in [-0.1, -0.05) is 56.9 Å². The number of nitrogens with one attached hydrogen (secondary N) is 1. The van der Waals surface area contributed by atoms with E-state index in [0.29, 0.717) is 24.2 Å². The van der Waals surface area contributed by atoms with Gasteiger partial charge in [0, 0.05) is 33.0 Å². The number of allylic oxidation sites excluding steroid dienone is 1. The Bertz CT molecular complexity index is 587. The van der Waals surface area contributed by atoms with E-state index in [4.69, 9.17) is 0 Å². The summed E-state index contributed by atoms with van der Waals surface area (Å²) in [7, 11) is 3.57. The molecule has 1 amide bonds. The second-order valence-corrected chi connectivity index (χ2v) is 9.71. The maximum Gasteiger partial charge on any atom is 0.223 e. The van der Waals surface area contributed by atoms with E-state index in [1.54, 1.807) is 19.0 Å². The monoisotopic (exact) mass is 420 g/mol. The molecule has 0 unspecified atom stereocenters. The zero-order chi connectivity index (χ0) is 22.1. The number of rotatable bonds is 13. The van der Waals surface area contributed by atoms with Crippen LogP contribution in [-0.2, 0) is 4.79 Å². The van der Waals surface area contributed by atoms with Gasteiger partial charge in [0.05, 0.1) is 12.2 Å². The van der Waals surface area contributed by atoms with Gasteiger partial charge in [-0.3, -0.25) is 4.79 Å². The van der Waals surface area contributed by atoms with Crippen molar-refractivity contribution in [3.63, 3.8) is 0 Å². The molecule has 0 aromatic carbocycles. The maximum atomic E-state index is 11.6. The van der Waals surface area contributed by atoms with E-state index < -0.39 is 6.10 Å². The molecular formula is C25H44N2O3. The highest BCUT2D eigenvalue weighted by molar-refractivity contribution is 5.75. The average molecular weight is 421 g/mol. The van der Waals surface area contributed by atoms with Crippen molar-refractivity contribution in [1.29, 1.82) is 0 Å². The van der Waals surface area contributed by atoms with Gasteiger partial charge in [0.2, 0.25) is 5.91 Å². The molecule has 5 nitrogen and oxygen atoms in total. The van der Waals surface area contributed by atoms with Gasteiger partial charge < -0.3 is 20.4 Å². The number of aliphatic hydroxyl groups excluding tert-OH is 2. The number of carbonyl (C=O) groups excluding carboxylic acids is 1. The van der Waals surface area contributed by atoms with Crippen LogP contribution in [0.2, 0.25) is 0 Å². The topological polar surface area (TPSA) is 72.8 Å². The Morgan fingerprint density at radius 1 is 1.37 bits per heavy atom. The van der Waals surface area contributed by atoms with Crippen LogP contribution in [0.4, 0.5) is 0 Å². The SMILES string of the molecule is CCCC[C@H](C)C[C@H](O)/C=C/[C@@H]1[C@H]2CC(CCNCCC(=O)N(C)C)=C[C@H]2C[C@H]1O. The number of hydrogen-bond acceptors (Lipinski definition) is 4. The van der Waals surface area contributed by atoms with E-state index in [-0.39, 0.29) is 17.9 Å². The van der Waals surface area contributed by atoms with Crippen molar-refractivity contribution >= 4 is 5.91 Å². The number of carbonyl (C=O) groups is 1. The van der Waals surface area contributed by atoms with Crippen molar-refractivity contribution in [3.8, 4) is 0 Å². The standard InChI is InChI=1S/C25H44N2O3/c1-5-6-7-18(2)14-21(28)8-9-22-23-16-19(15-20(23)17-24(22)29)10-12-26-13-11-25(30)27(3)4/h8-9,15,18,20-24,26,28-29H,5-7,10-14,16-17H2,1-4H3/b9-8+/t18-,20-,21+,22+,23-,24+/m0/s1. The van der Waals surface area contributed by atoms with Crippen molar-refractivity contribution < 1.29 is 15.0 Å². The molecule has 3 N–H and O–H groups in total. The van der Waals surface area contributed by atoms with Crippen LogP contribution in [0.15, 0.2) is 23.8 Å². The molecule has 0 bridgehead atoms. The van der Waals surface area contributed by atoms with E-state index in [9.17, 15) is 15.0 Å². The predicted octanol–water partition coefficient (Wildman–Crippen LogP) is 3.52. The minimum Gasteiger partial charge on any atom is -0.392 e. The third-order valence-electron chi connectivity index (χ3n) is 6.84. The van der Waals surface area contributed by atoms with Crippen molar-refractivity contribution in [2.45, 2.75) is 77.4 Å². The fourth-order valence-electron chi connectivity index (χ4n) is 5.00. The first-order valence-corrected chi connectivity index (χ1v) is 12.0. The molecular weight excluding hydrogens is 376 g/mol. The van der Waals surface area contributed by atoms with Crippen LogP contribution in [0.1, 0.15) is 65.2 Å². The first-order chi connectivity index (χ1) is 14.3. The molecule has 0 aromatic heterocycles. The van der Waals surface area contributed by atoms with Gasteiger partial charge in [-0.15, -0.1) is 0 Å². The molecule has 1 fully saturated rings. The molecule has 6 atom stereocenters. The highest BCUT2D eigenvalue weighted by Crippen LogP contribution is 2.47. The predicted molar refractivity (Wildman–Crippen MR) is 123 cm³/mol. The third kappa shape index (κ3) is 7.82. The highest BCUT2D eigenvalue weighted by Gasteiger charge is 2.43. The first-order valence-electron chi connectivity index (χ1n) is 12.0. The van der Waals surface area contributed by atoms with Gasteiger partial charge in [-0.2, -0.15) is 0 Å². The van der Waals surface area contributed by atoms with E-state index in [0.717, 1.165) is 38.8 Å². The van der Waals surface area contributed by atoms with Crippen LogP contribution >= 0.6 is 0 Å². The molecule has 172 valence electrons. The molecule has 0 spiro atoms. The summed E-state index contributed by atoms with van der Waals surface area (Å²) in [6.45, 7) is 6.02. The van der Waals surface area contributed by atoms with Crippen LogP contribution in [0, 0.1) is 23.7 Å². The Hall–Kier alpha value is -1.17. The van der Waals surface area contributed by atoms with E-state index in [1.807, 2.05) is 6.08 Å². The van der Waals surface area contributed by atoms with Crippen molar-refractivity contribution in [2.75, 3.05) is 27.2 Å². The Morgan fingerprint density at radius 3 is 2.83 bits per heavy atom. The second kappa shape index (κ2) is 12.6. The number of aliphatic hydroxyl groups is 2. The highest BCUT2D eigenvalue weighted by atomic mass is 16.3. The van der Waals surface area contributed by atoms with Crippen LogP contribution in [0.5, 0.6) is 0 Å². The van der Waals surface area contributed by atoms with Crippen molar-refractivity contribution in [3.05, 3.63) is 23.8 Å². The summed E-state index contributed by atoms with van der Waals surface area (Å²) in [6.07, 6.45) is 13.5. The van der Waals surface area contributed by atoms with Gasteiger partial charge in [-0.25, -0.2) is 0 Å². The fraction of sp³-hybridized carbons (Fsp3) is 0.800. The molecule has 2 aliphatic rings. The number of hydrogen-bond donors (Lipinski definition) is 3. The zero-order valence-corrected chi connectivity index (χ0v) is 19.5. The van der Waals surface area contributed by atoms with Crippen LogP contribution in [-0.4, -0.2) is 60.4 Å². The van der Waals surface area contributed by atoms with E-state index >= 15 is 0 Å². The minimum atomic E-state index is -0.411. The molecule has 1 saturated carbocycles. The Labute approximate surface area is 183 Å². The zero-order valence-electron chi connectivity index (χ0n) is 19.5. The van der Waals surface area contributed by atoms with Crippen LogP contribution < -0.4 is 5.32 Å². The van der Waals surface area contributed by atoms with E-state index in [1.165, 1.54) is 24.8 Å². The number of unbranched alkanes of at least 4 members (excludes halogenated alkanes) is 1. The Balaban J connectivity index is 1.73. The average Bonchev–Trinajstić information content (AvgIpc) is 3.20. The first kappa shape index (κ1) is 25.1. The fourth-order valence-corrected chi connectivity index (χ4v) is 5.00. The minimum absolute atomic E-state index is 0.148. The summed E-state index contributed by atoms with van der Waals surface area (Å²) in [5.41, 5.74) is 1.47. The molecule has 0 heterocycles. The molecule has 0 aromatic rings. The van der Waals surface area contributed by atoms with Gasteiger partial charge in [0.1, 0.15) is 0 Å².